The van der Waals surface area contributed by atoms with Gasteiger partial charge in [0.15, 0.2) is 0 Å². The van der Waals surface area contributed by atoms with Crippen LogP contribution in [0.1, 0.15) is 46.5 Å². The van der Waals surface area contributed by atoms with Gasteiger partial charge in [0.05, 0.1) is 6.07 Å². The van der Waals surface area contributed by atoms with Crippen LogP contribution in [0.15, 0.2) is 0 Å². The lowest BCUT2D eigenvalue weighted by molar-refractivity contribution is -0.175. The lowest BCUT2D eigenvalue weighted by atomic mass is 9.86. The van der Waals surface area contributed by atoms with E-state index in [1.807, 2.05) is 24.8 Å². The molecule has 204 valence electrons. The number of nitrogens with one attached hydrogen (secondary N) is 4. The maximum absolute atomic E-state index is 13.1. The highest BCUT2D eigenvalue weighted by Gasteiger charge is 2.52. The Bertz CT molecular complexity index is 932. The van der Waals surface area contributed by atoms with Crippen molar-refractivity contribution in [3.63, 3.8) is 0 Å². The van der Waals surface area contributed by atoms with Gasteiger partial charge in [0.1, 0.15) is 18.1 Å². The zero-order valence-electron chi connectivity index (χ0n) is 21.5. The minimum atomic E-state index is -5.18. The number of alkyl halides is 3. The molecule has 1 saturated carbocycles. The second kappa shape index (κ2) is 10.5. The number of rotatable bonds is 9. The molecule has 13 heteroatoms. The Balaban J connectivity index is 2.14. The first-order valence-corrected chi connectivity index (χ1v) is 14.7. The number of hydrogen-bond donors (Lipinski definition) is 4. The first-order chi connectivity index (χ1) is 16.3. The molecule has 2 rings (SSSR count). The van der Waals surface area contributed by atoms with Gasteiger partial charge in [-0.25, -0.2) is 10.0 Å². The molecule has 0 aromatic rings. The topological polar surface area (TPSA) is 140 Å². The Kier molecular flexibility index (Phi) is 8.65. The molecule has 36 heavy (non-hydrogen) atoms. The molecule has 4 atom stereocenters. The highest BCUT2D eigenvalue weighted by atomic mass is 32.3. The second-order valence-electron chi connectivity index (χ2n) is 11.7. The number of hydrogen-bond acceptors (Lipinski definition) is 5. The molecule has 1 aliphatic carbocycles. The van der Waals surface area contributed by atoms with E-state index >= 15 is 0 Å². The van der Waals surface area contributed by atoms with E-state index in [2.05, 4.69) is 16.0 Å². The maximum atomic E-state index is 13.1. The third-order valence-corrected chi connectivity index (χ3v) is 7.54. The van der Waals surface area contributed by atoms with Gasteiger partial charge >= 0.3 is 12.1 Å². The van der Waals surface area contributed by atoms with Crippen molar-refractivity contribution in [1.82, 2.24) is 21.3 Å². The van der Waals surface area contributed by atoms with Gasteiger partial charge in [-0.3, -0.25) is 19.2 Å². The van der Waals surface area contributed by atoms with Crippen molar-refractivity contribution in [3.8, 4) is 6.07 Å². The van der Waals surface area contributed by atoms with Crippen molar-refractivity contribution >= 4 is 33.7 Å². The summed E-state index contributed by atoms with van der Waals surface area (Å²) in [6, 6.07) is -1.72. The minimum absolute atomic E-state index is 0.116. The zero-order valence-corrected chi connectivity index (χ0v) is 22.3. The predicted octanol–water partition coefficient (Wildman–Crippen LogP) is 1.33. The van der Waals surface area contributed by atoms with Crippen molar-refractivity contribution in [1.29, 1.82) is 5.26 Å². The van der Waals surface area contributed by atoms with Crippen molar-refractivity contribution < 1.29 is 32.3 Å². The quantitative estimate of drug-likeness (QED) is 0.353. The van der Waals surface area contributed by atoms with Gasteiger partial charge in [-0.2, -0.15) is 18.4 Å². The molecule has 0 unspecified atom stereocenters. The maximum Gasteiger partial charge on any atom is 0.471 e. The summed E-state index contributed by atoms with van der Waals surface area (Å²) >= 11 is 0. The summed E-state index contributed by atoms with van der Waals surface area (Å²) in [5.41, 5.74) is -1.27. The highest BCUT2D eigenvalue weighted by molar-refractivity contribution is 8.32. The van der Waals surface area contributed by atoms with Gasteiger partial charge in [0.25, 0.3) is 0 Å². The van der Waals surface area contributed by atoms with Crippen molar-refractivity contribution in [2.75, 3.05) is 24.5 Å². The van der Waals surface area contributed by atoms with Crippen molar-refractivity contribution in [2.45, 2.75) is 76.3 Å². The molecule has 1 spiro atoms. The normalized spacial score (nSPS) is 22.0. The standard InChI is InChI=1S/C23H36F3N5O4S/c1-21(2,3)16(30-20(35)23(24,25)26)19(34)29-15(12-36(4,5)6)18(33)28-14(11-27)9-13-10-22(7-8-22)31-17(13)32/h13-16H,7-10,12H2,1-6H3,(H,28,33)(H,29,34)(H,30,35)(H,31,32)/t13-,14+,15+,16-/m1/s1. The summed E-state index contributed by atoms with van der Waals surface area (Å²) < 4.78 is 38.5. The van der Waals surface area contributed by atoms with E-state index in [4.69, 9.17) is 0 Å². The first kappa shape index (κ1) is 29.7. The molecule has 4 amide bonds. The molecule has 1 aliphatic heterocycles. The summed E-state index contributed by atoms with van der Waals surface area (Å²) in [5.74, 6) is -4.25. The lowest BCUT2D eigenvalue weighted by Crippen LogP contribution is -2.60. The summed E-state index contributed by atoms with van der Waals surface area (Å²) in [6.45, 7) is 4.47. The van der Waals surface area contributed by atoms with Gasteiger partial charge in [0, 0.05) is 17.2 Å². The minimum Gasteiger partial charge on any atom is -0.350 e. The van der Waals surface area contributed by atoms with Crippen LogP contribution in [0.25, 0.3) is 0 Å². The smallest absolute Gasteiger partial charge is 0.350 e. The van der Waals surface area contributed by atoms with E-state index in [1.54, 1.807) is 5.32 Å². The summed E-state index contributed by atoms with van der Waals surface area (Å²) in [4.78, 5) is 50.0. The number of nitriles is 1. The van der Waals surface area contributed by atoms with Crippen LogP contribution in [0.3, 0.4) is 0 Å². The predicted molar refractivity (Wildman–Crippen MR) is 130 cm³/mol. The lowest BCUT2D eigenvalue weighted by Gasteiger charge is -2.35. The van der Waals surface area contributed by atoms with Crippen molar-refractivity contribution in [2.24, 2.45) is 11.3 Å². The zero-order chi connectivity index (χ0) is 27.7. The van der Waals surface area contributed by atoms with Crippen molar-refractivity contribution in [3.05, 3.63) is 0 Å². The van der Waals surface area contributed by atoms with Crippen LogP contribution in [0.2, 0.25) is 0 Å². The number of halogens is 3. The van der Waals surface area contributed by atoms with Crippen LogP contribution in [-0.2, 0) is 19.2 Å². The van der Waals surface area contributed by atoms with E-state index in [9.17, 15) is 37.6 Å². The summed E-state index contributed by atoms with van der Waals surface area (Å²) in [5, 5.41) is 19.3. The second-order valence-corrected chi connectivity index (χ2v) is 16.2. The van der Waals surface area contributed by atoms with Crippen LogP contribution >= 0.6 is 10.0 Å². The molecule has 2 fully saturated rings. The third-order valence-electron chi connectivity index (χ3n) is 6.20. The number of amides is 4. The Morgan fingerprint density at radius 3 is 2.11 bits per heavy atom. The molecule has 0 bridgehead atoms. The van der Waals surface area contributed by atoms with E-state index in [1.165, 1.54) is 20.8 Å². The largest absolute Gasteiger partial charge is 0.471 e. The van der Waals surface area contributed by atoms with E-state index < -0.39 is 63.4 Å². The van der Waals surface area contributed by atoms with Crippen LogP contribution in [0.4, 0.5) is 13.2 Å². The molecule has 1 heterocycles. The fourth-order valence-corrected chi connectivity index (χ4v) is 5.41. The van der Waals surface area contributed by atoms with E-state index in [0.29, 0.717) is 6.42 Å². The molecule has 0 aromatic heterocycles. The molecule has 1 saturated heterocycles. The molecular weight excluding hydrogens is 499 g/mol. The number of carbonyl (C=O) groups is 4. The Hall–Kier alpha value is -2.49. The average Bonchev–Trinajstić information content (AvgIpc) is 3.37. The first-order valence-electron chi connectivity index (χ1n) is 11.6. The Morgan fingerprint density at radius 1 is 1.11 bits per heavy atom. The van der Waals surface area contributed by atoms with Crippen LogP contribution in [0, 0.1) is 22.7 Å². The fraction of sp³-hybridized carbons (Fsp3) is 0.783. The molecule has 0 aromatic carbocycles. The third kappa shape index (κ3) is 8.28. The number of carbonyl (C=O) groups excluding carboxylic acids is 4. The van der Waals surface area contributed by atoms with Gasteiger partial charge in [-0.15, -0.1) is 0 Å². The number of nitrogens with zero attached hydrogens (tertiary/aromatic N) is 1. The van der Waals surface area contributed by atoms with Crippen LogP contribution in [0.5, 0.6) is 0 Å². The molecule has 0 radical (unpaired) electrons. The Labute approximate surface area is 211 Å². The van der Waals surface area contributed by atoms with E-state index in [0.717, 1.165) is 12.8 Å². The Morgan fingerprint density at radius 2 is 1.69 bits per heavy atom. The molecular formula is C23H36F3N5O4S. The van der Waals surface area contributed by atoms with E-state index in [-0.39, 0.29) is 23.6 Å². The monoisotopic (exact) mass is 535 g/mol. The van der Waals surface area contributed by atoms with Gasteiger partial charge in [0.2, 0.25) is 17.7 Å². The molecule has 4 N–H and O–H groups in total. The fourth-order valence-electron chi connectivity index (χ4n) is 4.18. The highest BCUT2D eigenvalue weighted by Crippen LogP contribution is 2.46. The SMILES string of the molecule is CC(C)(C)[C@H](NC(=O)C(F)(F)F)C(=O)N[C@@H](CS(C)(C)C)C(=O)N[C@H](C#N)C[C@@H]1CC2(CC2)NC1=O. The average molecular weight is 536 g/mol. The molecule has 9 nitrogen and oxygen atoms in total. The van der Waals surface area contributed by atoms with Crippen LogP contribution in [-0.4, -0.2) is 78.0 Å². The van der Waals surface area contributed by atoms with Gasteiger partial charge in [-0.1, -0.05) is 20.8 Å². The van der Waals surface area contributed by atoms with Gasteiger partial charge in [-0.05, 0) is 49.9 Å². The summed E-state index contributed by atoms with van der Waals surface area (Å²) in [6.07, 6.45) is 3.00. The van der Waals surface area contributed by atoms with Gasteiger partial charge < -0.3 is 21.3 Å². The summed E-state index contributed by atoms with van der Waals surface area (Å²) in [7, 11) is -1.39. The van der Waals surface area contributed by atoms with Crippen LogP contribution < -0.4 is 21.3 Å². The molecule has 2 aliphatic rings.